The minimum atomic E-state index is 0.732. The minimum Gasteiger partial charge on any atom is -0.0809 e. The Morgan fingerprint density at radius 3 is 2.50 bits per heavy atom. The van der Waals surface area contributed by atoms with Crippen LogP contribution >= 0.6 is 0 Å². The Balaban J connectivity index is 2.66. The van der Waals surface area contributed by atoms with Gasteiger partial charge in [0.2, 0.25) is 0 Å². The smallest absolute Gasteiger partial charge is 0.0196 e. The molecule has 1 rings (SSSR count). The van der Waals surface area contributed by atoms with Crippen molar-refractivity contribution in [3.8, 4) is 0 Å². The molecule has 0 heterocycles. The SMILES string of the molecule is CCC1=CC(C)[C@@H](C)C=C1. The molecule has 0 N–H and O–H groups in total. The molecular formula is C10H16. The highest BCUT2D eigenvalue weighted by Gasteiger charge is 2.10. The first kappa shape index (κ1) is 7.59. The molecule has 0 saturated carbocycles. The number of hydrogen-bond acceptors (Lipinski definition) is 0. The molecule has 0 fully saturated rings. The highest BCUT2D eigenvalue weighted by atomic mass is 14.1. The summed E-state index contributed by atoms with van der Waals surface area (Å²) in [4.78, 5) is 0. The molecule has 0 bridgehead atoms. The van der Waals surface area contributed by atoms with Gasteiger partial charge in [-0.2, -0.15) is 0 Å². The molecule has 0 aromatic carbocycles. The van der Waals surface area contributed by atoms with Crippen LogP contribution in [0.15, 0.2) is 23.8 Å². The van der Waals surface area contributed by atoms with E-state index in [1.54, 1.807) is 0 Å². The lowest BCUT2D eigenvalue weighted by molar-refractivity contribution is 0.546. The molecule has 0 heteroatoms. The van der Waals surface area contributed by atoms with E-state index in [1.807, 2.05) is 0 Å². The molecule has 0 spiro atoms. The first-order valence-corrected chi connectivity index (χ1v) is 4.13. The van der Waals surface area contributed by atoms with Crippen molar-refractivity contribution in [2.24, 2.45) is 11.8 Å². The second kappa shape index (κ2) is 3.05. The molecule has 0 aromatic rings. The predicted molar refractivity (Wildman–Crippen MR) is 45.8 cm³/mol. The standard InChI is InChI=1S/C10H16/c1-4-10-6-5-8(2)9(3)7-10/h5-9H,4H2,1-3H3/t8-,9?/m0/s1. The summed E-state index contributed by atoms with van der Waals surface area (Å²) in [6, 6.07) is 0. The van der Waals surface area contributed by atoms with E-state index < -0.39 is 0 Å². The third-order valence-corrected chi connectivity index (χ3v) is 2.33. The summed E-state index contributed by atoms with van der Waals surface area (Å²) in [7, 11) is 0. The van der Waals surface area contributed by atoms with Crippen LogP contribution in [-0.4, -0.2) is 0 Å². The lowest BCUT2D eigenvalue weighted by Gasteiger charge is -2.18. The summed E-state index contributed by atoms with van der Waals surface area (Å²) in [6.45, 7) is 6.76. The third-order valence-electron chi connectivity index (χ3n) is 2.33. The van der Waals surface area contributed by atoms with Gasteiger partial charge in [0.25, 0.3) is 0 Å². The molecule has 0 radical (unpaired) electrons. The van der Waals surface area contributed by atoms with Gasteiger partial charge in [-0.3, -0.25) is 0 Å². The van der Waals surface area contributed by atoms with Crippen molar-refractivity contribution in [1.82, 2.24) is 0 Å². The van der Waals surface area contributed by atoms with Gasteiger partial charge in [0, 0.05) is 0 Å². The molecule has 2 atom stereocenters. The Kier molecular flexibility index (Phi) is 2.31. The Morgan fingerprint density at radius 1 is 1.30 bits per heavy atom. The quantitative estimate of drug-likeness (QED) is 0.519. The maximum atomic E-state index is 2.38. The van der Waals surface area contributed by atoms with E-state index in [4.69, 9.17) is 0 Å². The third kappa shape index (κ3) is 1.50. The Morgan fingerprint density at radius 2 is 2.00 bits per heavy atom. The van der Waals surface area contributed by atoms with Crippen LogP contribution in [0, 0.1) is 11.8 Å². The molecule has 10 heavy (non-hydrogen) atoms. The summed E-state index contributed by atoms with van der Waals surface area (Å²) in [5.74, 6) is 1.47. The average Bonchev–Trinajstić information content (AvgIpc) is 1.95. The van der Waals surface area contributed by atoms with Crippen LogP contribution in [-0.2, 0) is 0 Å². The summed E-state index contributed by atoms with van der Waals surface area (Å²) >= 11 is 0. The lowest BCUT2D eigenvalue weighted by Crippen LogP contribution is -2.06. The first-order chi connectivity index (χ1) is 4.74. The molecule has 0 nitrogen and oxygen atoms in total. The molecule has 0 aliphatic heterocycles. The molecule has 1 aliphatic carbocycles. The fourth-order valence-corrected chi connectivity index (χ4v) is 1.23. The van der Waals surface area contributed by atoms with Gasteiger partial charge < -0.3 is 0 Å². The van der Waals surface area contributed by atoms with Gasteiger partial charge in [0.15, 0.2) is 0 Å². The second-order valence-electron chi connectivity index (χ2n) is 3.17. The molecule has 0 aromatic heterocycles. The largest absolute Gasteiger partial charge is 0.0809 e. The summed E-state index contributed by atoms with van der Waals surface area (Å²) in [5, 5.41) is 0. The van der Waals surface area contributed by atoms with Gasteiger partial charge in [-0.1, -0.05) is 44.6 Å². The Hall–Kier alpha value is -0.520. The van der Waals surface area contributed by atoms with Gasteiger partial charge >= 0.3 is 0 Å². The molecule has 0 amide bonds. The van der Waals surface area contributed by atoms with Crippen molar-refractivity contribution < 1.29 is 0 Å². The first-order valence-electron chi connectivity index (χ1n) is 4.13. The monoisotopic (exact) mass is 136 g/mol. The van der Waals surface area contributed by atoms with Gasteiger partial charge in [0.1, 0.15) is 0 Å². The van der Waals surface area contributed by atoms with Crippen molar-refractivity contribution >= 4 is 0 Å². The van der Waals surface area contributed by atoms with E-state index in [0.29, 0.717) is 0 Å². The normalized spacial score (nSPS) is 32.1. The zero-order chi connectivity index (χ0) is 7.56. The molecule has 56 valence electrons. The topological polar surface area (TPSA) is 0 Å². The molecule has 1 aliphatic rings. The van der Waals surface area contributed by atoms with Crippen LogP contribution < -0.4 is 0 Å². The highest BCUT2D eigenvalue weighted by molar-refractivity contribution is 5.24. The zero-order valence-electron chi connectivity index (χ0n) is 7.09. The van der Waals surface area contributed by atoms with E-state index in [1.165, 1.54) is 12.0 Å². The average molecular weight is 136 g/mol. The van der Waals surface area contributed by atoms with Gasteiger partial charge in [-0.25, -0.2) is 0 Å². The van der Waals surface area contributed by atoms with E-state index in [2.05, 4.69) is 39.0 Å². The minimum absolute atomic E-state index is 0.732. The van der Waals surface area contributed by atoms with Crippen LogP contribution in [0.4, 0.5) is 0 Å². The lowest BCUT2D eigenvalue weighted by atomic mass is 9.88. The van der Waals surface area contributed by atoms with E-state index in [9.17, 15) is 0 Å². The van der Waals surface area contributed by atoms with Gasteiger partial charge in [0.05, 0.1) is 0 Å². The second-order valence-corrected chi connectivity index (χ2v) is 3.17. The van der Waals surface area contributed by atoms with E-state index >= 15 is 0 Å². The van der Waals surface area contributed by atoms with Crippen LogP contribution in [0.5, 0.6) is 0 Å². The molecule has 0 saturated heterocycles. The highest BCUT2D eigenvalue weighted by Crippen LogP contribution is 2.22. The maximum Gasteiger partial charge on any atom is -0.0196 e. The fourth-order valence-electron chi connectivity index (χ4n) is 1.23. The summed E-state index contributed by atoms with van der Waals surface area (Å²) in [6.07, 6.45) is 8.12. The van der Waals surface area contributed by atoms with Gasteiger partial charge in [-0.05, 0) is 18.3 Å². The van der Waals surface area contributed by atoms with Crippen molar-refractivity contribution in [2.45, 2.75) is 27.2 Å². The Bertz CT molecular complexity index is 163. The number of allylic oxidation sites excluding steroid dienone is 4. The fraction of sp³-hybridized carbons (Fsp3) is 0.600. The van der Waals surface area contributed by atoms with Gasteiger partial charge in [-0.15, -0.1) is 0 Å². The van der Waals surface area contributed by atoms with Crippen molar-refractivity contribution in [3.05, 3.63) is 23.8 Å². The van der Waals surface area contributed by atoms with E-state index in [-0.39, 0.29) is 0 Å². The predicted octanol–water partition coefficient (Wildman–Crippen LogP) is 3.16. The van der Waals surface area contributed by atoms with Crippen LogP contribution in [0.2, 0.25) is 0 Å². The Labute approximate surface area is 63.6 Å². The van der Waals surface area contributed by atoms with Crippen molar-refractivity contribution in [1.29, 1.82) is 0 Å². The van der Waals surface area contributed by atoms with Crippen LogP contribution in [0.25, 0.3) is 0 Å². The molecular weight excluding hydrogens is 120 g/mol. The maximum absolute atomic E-state index is 2.38. The van der Waals surface area contributed by atoms with Crippen LogP contribution in [0.3, 0.4) is 0 Å². The molecule has 1 unspecified atom stereocenters. The zero-order valence-corrected chi connectivity index (χ0v) is 7.09. The number of rotatable bonds is 1. The van der Waals surface area contributed by atoms with Crippen LogP contribution in [0.1, 0.15) is 27.2 Å². The number of hydrogen-bond donors (Lipinski definition) is 0. The summed E-state index contributed by atoms with van der Waals surface area (Å²) in [5.41, 5.74) is 1.49. The summed E-state index contributed by atoms with van der Waals surface area (Å²) < 4.78 is 0. The van der Waals surface area contributed by atoms with E-state index in [0.717, 1.165) is 11.8 Å². The van der Waals surface area contributed by atoms with Crippen molar-refractivity contribution in [3.63, 3.8) is 0 Å². The van der Waals surface area contributed by atoms with Crippen molar-refractivity contribution in [2.75, 3.05) is 0 Å².